The third-order valence-corrected chi connectivity index (χ3v) is 3.97. The van der Waals surface area contributed by atoms with Gasteiger partial charge in [0.15, 0.2) is 0 Å². The minimum atomic E-state index is -0.772. The number of hydrogen-bond acceptors (Lipinski definition) is 5. The van der Waals surface area contributed by atoms with Crippen LogP contribution >= 0.6 is 0 Å². The Labute approximate surface area is 151 Å². The average Bonchev–Trinajstić information content (AvgIpc) is 2.62. The summed E-state index contributed by atoms with van der Waals surface area (Å²) in [6, 6.07) is 11.5. The summed E-state index contributed by atoms with van der Waals surface area (Å²) in [5.41, 5.74) is 2.15. The Morgan fingerprint density at radius 3 is 2.27 bits per heavy atom. The second-order valence-corrected chi connectivity index (χ2v) is 5.75. The maximum atomic E-state index is 12.5. The molecule has 6 nitrogen and oxygen atoms in total. The lowest BCUT2D eigenvalue weighted by Gasteiger charge is -2.21. The van der Waals surface area contributed by atoms with Crippen LogP contribution in [0.3, 0.4) is 0 Å². The molecule has 0 atom stereocenters. The summed E-state index contributed by atoms with van der Waals surface area (Å²) < 4.78 is 10.1. The fraction of sp³-hybridized carbons (Fsp3) is 0.250. The minimum absolute atomic E-state index is 0.152. The molecule has 0 unspecified atom stereocenters. The Balaban J connectivity index is 2.28. The van der Waals surface area contributed by atoms with Crippen LogP contribution in [0.15, 0.2) is 42.6 Å². The molecule has 0 saturated heterocycles. The van der Waals surface area contributed by atoms with Gasteiger partial charge in [0.1, 0.15) is 0 Å². The summed E-state index contributed by atoms with van der Waals surface area (Å²) in [6.45, 7) is 5.58. The van der Waals surface area contributed by atoms with Gasteiger partial charge in [0, 0.05) is 17.0 Å². The topological polar surface area (TPSA) is 68.7 Å². The van der Waals surface area contributed by atoms with E-state index in [1.165, 1.54) is 0 Å². The fourth-order valence-electron chi connectivity index (χ4n) is 2.92. The van der Waals surface area contributed by atoms with Crippen molar-refractivity contribution in [3.8, 4) is 0 Å². The molecule has 134 valence electrons. The predicted octanol–water partition coefficient (Wildman–Crippen LogP) is 4.82. The number of amides is 2. The van der Waals surface area contributed by atoms with E-state index < -0.39 is 12.2 Å². The molecule has 6 heteroatoms. The molecule has 0 bridgehead atoms. The molecule has 3 aromatic rings. The number of aromatic nitrogens is 1. The first-order chi connectivity index (χ1) is 12.6. The number of ether oxygens (including phenoxy) is 2. The van der Waals surface area contributed by atoms with Gasteiger partial charge in [0.2, 0.25) is 0 Å². The Kier molecular flexibility index (Phi) is 5.02. The Morgan fingerprint density at radius 1 is 0.962 bits per heavy atom. The number of pyridine rings is 1. The number of rotatable bonds is 3. The van der Waals surface area contributed by atoms with Crippen LogP contribution in [0.1, 0.15) is 19.4 Å². The molecule has 0 N–H and O–H groups in total. The van der Waals surface area contributed by atoms with E-state index in [9.17, 15) is 9.59 Å². The molecule has 1 aromatic heterocycles. The van der Waals surface area contributed by atoms with Crippen molar-refractivity contribution in [2.45, 2.75) is 20.8 Å². The third-order valence-electron chi connectivity index (χ3n) is 3.97. The second kappa shape index (κ2) is 7.39. The summed E-state index contributed by atoms with van der Waals surface area (Å²) >= 11 is 0. The number of nitrogens with zero attached hydrogens (tertiary/aromatic N) is 2. The molecular formula is C20H20N2O4. The van der Waals surface area contributed by atoms with Crippen LogP contribution in [0.2, 0.25) is 0 Å². The van der Waals surface area contributed by atoms with E-state index in [2.05, 4.69) is 4.98 Å². The van der Waals surface area contributed by atoms with E-state index >= 15 is 0 Å². The van der Waals surface area contributed by atoms with Crippen molar-refractivity contribution in [3.63, 3.8) is 0 Å². The molecule has 2 aromatic carbocycles. The minimum Gasteiger partial charge on any atom is -0.449 e. The van der Waals surface area contributed by atoms with Gasteiger partial charge in [-0.1, -0.05) is 24.3 Å². The Morgan fingerprint density at radius 2 is 1.62 bits per heavy atom. The lowest BCUT2D eigenvalue weighted by Crippen LogP contribution is -2.38. The van der Waals surface area contributed by atoms with Crippen LogP contribution in [0.4, 0.5) is 15.3 Å². The quantitative estimate of drug-likeness (QED) is 0.632. The van der Waals surface area contributed by atoms with E-state index in [0.717, 1.165) is 26.8 Å². The Hall–Kier alpha value is -3.15. The number of carbonyl (C=O) groups is 2. The molecule has 0 spiro atoms. The molecule has 0 radical (unpaired) electrons. The normalized spacial score (nSPS) is 10.7. The van der Waals surface area contributed by atoms with Crippen molar-refractivity contribution >= 4 is 39.5 Å². The highest BCUT2D eigenvalue weighted by atomic mass is 16.6. The Bertz CT molecular complexity index is 966. The lowest BCUT2D eigenvalue weighted by molar-refractivity contribution is 0.140. The zero-order valence-electron chi connectivity index (χ0n) is 15.0. The van der Waals surface area contributed by atoms with Crippen LogP contribution < -0.4 is 4.90 Å². The second-order valence-electron chi connectivity index (χ2n) is 5.75. The summed E-state index contributed by atoms with van der Waals surface area (Å²) in [5, 5.41) is 2.53. The first-order valence-corrected chi connectivity index (χ1v) is 8.48. The molecule has 2 amide bonds. The zero-order valence-corrected chi connectivity index (χ0v) is 15.0. The summed E-state index contributed by atoms with van der Waals surface area (Å²) in [4.78, 5) is 30.3. The third kappa shape index (κ3) is 3.18. The molecule has 0 fully saturated rings. The van der Waals surface area contributed by atoms with Crippen molar-refractivity contribution in [3.05, 3.63) is 48.2 Å². The molecule has 1 heterocycles. The average molecular weight is 352 g/mol. The number of fused-ring (bicyclic) bond motifs is 3. The first kappa shape index (κ1) is 17.7. The monoisotopic (exact) mass is 352 g/mol. The standard InChI is InChI=1S/C20H20N2O4/c1-4-25-19(23)22(20(24)26-5-2)18-11-13(3)10-15-14-8-6-7-9-17(14)21-12-16(15)18/h6-12H,4-5H2,1-3H3. The molecule has 0 aliphatic rings. The lowest BCUT2D eigenvalue weighted by atomic mass is 10.0. The van der Waals surface area contributed by atoms with E-state index in [1.807, 2.05) is 37.3 Å². The largest absolute Gasteiger partial charge is 0.449 e. The zero-order chi connectivity index (χ0) is 18.7. The molecule has 3 rings (SSSR count). The summed E-state index contributed by atoms with van der Waals surface area (Å²) in [5.74, 6) is 0. The molecule has 0 aliphatic carbocycles. The highest BCUT2D eigenvalue weighted by Crippen LogP contribution is 2.33. The van der Waals surface area contributed by atoms with Gasteiger partial charge in [0.05, 0.1) is 24.4 Å². The summed E-state index contributed by atoms with van der Waals surface area (Å²) in [7, 11) is 0. The number of imide groups is 1. The van der Waals surface area contributed by atoms with Crippen LogP contribution in [0, 0.1) is 6.92 Å². The predicted molar refractivity (Wildman–Crippen MR) is 101 cm³/mol. The number of anilines is 1. The molecule has 0 saturated carbocycles. The maximum Gasteiger partial charge on any atom is 0.424 e. The number of para-hydroxylation sites is 1. The van der Waals surface area contributed by atoms with E-state index in [1.54, 1.807) is 26.1 Å². The van der Waals surface area contributed by atoms with Gasteiger partial charge in [-0.2, -0.15) is 4.90 Å². The number of benzene rings is 2. The molecule has 26 heavy (non-hydrogen) atoms. The van der Waals surface area contributed by atoms with Crippen LogP contribution in [-0.4, -0.2) is 30.4 Å². The van der Waals surface area contributed by atoms with E-state index in [4.69, 9.17) is 9.47 Å². The molecule has 0 aliphatic heterocycles. The fourth-order valence-corrected chi connectivity index (χ4v) is 2.92. The van der Waals surface area contributed by atoms with Gasteiger partial charge in [-0.05, 0) is 43.9 Å². The van der Waals surface area contributed by atoms with Crippen molar-refractivity contribution in [2.75, 3.05) is 18.1 Å². The molecular weight excluding hydrogens is 332 g/mol. The van der Waals surface area contributed by atoms with Gasteiger partial charge in [-0.15, -0.1) is 0 Å². The van der Waals surface area contributed by atoms with E-state index in [-0.39, 0.29) is 13.2 Å². The van der Waals surface area contributed by atoms with E-state index in [0.29, 0.717) is 11.1 Å². The summed E-state index contributed by atoms with van der Waals surface area (Å²) in [6.07, 6.45) is 0.120. The van der Waals surface area contributed by atoms with Crippen molar-refractivity contribution < 1.29 is 19.1 Å². The smallest absolute Gasteiger partial charge is 0.424 e. The number of aryl methyl sites for hydroxylation is 1. The number of carbonyl (C=O) groups excluding carboxylic acids is 2. The van der Waals surface area contributed by atoms with Crippen molar-refractivity contribution in [2.24, 2.45) is 0 Å². The highest BCUT2D eigenvalue weighted by molar-refractivity contribution is 6.18. The van der Waals surface area contributed by atoms with Crippen LogP contribution in [-0.2, 0) is 9.47 Å². The SMILES string of the molecule is CCOC(=O)N(C(=O)OCC)c1cc(C)cc2c1cnc1ccccc12. The van der Waals surface area contributed by atoms with Crippen LogP contribution in [0.25, 0.3) is 21.7 Å². The van der Waals surface area contributed by atoms with Gasteiger partial charge in [-0.25, -0.2) is 9.59 Å². The van der Waals surface area contributed by atoms with Crippen LogP contribution in [0.5, 0.6) is 0 Å². The van der Waals surface area contributed by atoms with Gasteiger partial charge >= 0.3 is 12.2 Å². The highest BCUT2D eigenvalue weighted by Gasteiger charge is 2.28. The van der Waals surface area contributed by atoms with Gasteiger partial charge in [0.25, 0.3) is 0 Å². The first-order valence-electron chi connectivity index (χ1n) is 8.48. The van der Waals surface area contributed by atoms with Gasteiger partial charge < -0.3 is 9.47 Å². The van der Waals surface area contributed by atoms with Gasteiger partial charge in [-0.3, -0.25) is 4.98 Å². The van der Waals surface area contributed by atoms with Crippen molar-refractivity contribution in [1.29, 1.82) is 0 Å². The van der Waals surface area contributed by atoms with Crippen molar-refractivity contribution in [1.82, 2.24) is 4.98 Å². The maximum absolute atomic E-state index is 12.5. The number of hydrogen-bond donors (Lipinski definition) is 0.